The van der Waals surface area contributed by atoms with Gasteiger partial charge >= 0.3 is 0 Å². The summed E-state index contributed by atoms with van der Waals surface area (Å²) in [5.74, 6) is -0.112. The molecule has 5 heteroatoms. The van der Waals surface area contributed by atoms with E-state index < -0.39 is 0 Å². The van der Waals surface area contributed by atoms with Gasteiger partial charge in [-0.2, -0.15) is 5.26 Å². The van der Waals surface area contributed by atoms with E-state index in [-0.39, 0.29) is 5.91 Å². The average molecular weight is 382 g/mol. The van der Waals surface area contributed by atoms with E-state index in [2.05, 4.69) is 27.0 Å². The molecule has 2 aromatic heterocycles. The van der Waals surface area contributed by atoms with Crippen molar-refractivity contribution in [2.24, 2.45) is 0 Å². The van der Waals surface area contributed by atoms with Crippen LogP contribution >= 0.6 is 0 Å². The molecule has 4 rings (SSSR count). The summed E-state index contributed by atoms with van der Waals surface area (Å²) in [4.78, 5) is 15.5. The number of rotatable bonds is 7. The fraction of sp³-hybridized carbons (Fsp3) is 0.167. The Morgan fingerprint density at radius 1 is 1.14 bits per heavy atom. The standard InChI is InChI=1S/C24H22N4O/c25-13-5-15-28-17-19(21-7-2-4-9-23(21)28)10-11-24(29)26-14-12-18-16-27-22-8-3-1-6-20(18)22/h1-4,6-11,16-17,27H,5,12,14-15H2,(H,26,29)/b11-10+. The van der Waals surface area contributed by atoms with Gasteiger partial charge in [-0.3, -0.25) is 4.79 Å². The second kappa shape index (κ2) is 8.49. The first-order valence-electron chi connectivity index (χ1n) is 9.72. The first-order valence-corrected chi connectivity index (χ1v) is 9.72. The zero-order valence-electron chi connectivity index (χ0n) is 16.1. The van der Waals surface area contributed by atoms with E-state index in [1.165, 1.54) is 10.9 Å². The summed E-state index contributed by atoms with van der Waals surface area (Å²) in [6, 6.07) is 18.4. The van der Waals surface area contributed by atoms with Gasteiger partial charge in [0.2, 0.25) is 5.91 Å². The number of hydrogen-bond donors (Lipinski definition) is 2. The maximum absolute atomic E-state index is 12.3. The Balaban J connectivity index is 1.40. The largest absolute Gasteiger partial charge is 0.361 e. The maximum atomic E-state index is 12.3. The predicted octanol–water partition coefficient (Wildman–Crippen LogP) is 4.41. The number of carbonyl (C=O) groups excluding carboxylic acids is 1. The highest BCUT2D eigenvalue weighted by atomic mass is 16.1. The van der Waals surface area contributed by atoms with Crippen LogP contribution in [0.25, 0.3) is 27.9 Å². The molecule has 0 aliphatic rings. The molecule has 0 aliphatic heterocycles. The van der Waals surface area contributed by atoms with Crippen molar-refractivity contribution < 1.29 is 4.79 Å². The number of aromatic nitrogens is 2. The highest BCUT2D eigenvalue weighted by Gasteiger charge is 2.07. The van der Waals surface area contributed by atoms with E-state index in [1.54, 1.807) is 6.08 Å². The third-order valence-electron chi connectivity index (χ3n) is 5.07. The number of H-pyrrole nitrogens is 1. The lowest BCUT2D eigenvalue weighted by Gasteiger charge is -2.01. The Kier molecular flexibility index (Phi) is 5.44. The van der Waals surface area contributed by atoms with E-state index in [9.17, 15) is 4.79 Å². The van der Waals surface area contributed by atoms with Crippen LogP contribution in [0, 0.1) is 11.3 Å². The second-order valence-electron chi connectivity index (χ2n) is 6.94. The Morgan fingerprint density at radius 2 is 1.93 bits per heavy atom. The molecule has 0 spiro atoms. The first kappa shape index (κ1) is 18.6. The molecule has 29 heavy (non-hydrogen) atoms. The van der Waals surface area contributed by atoms with Crippen LogP contribution in [-0.2, 0) is 17.8 Å². The molecule has 1 amide bonds. The zero-order chi connectivity index (χ0) is 20.1. The molecule has 0 unspecified atom stereocenters. The molecule has 0 radical (unpaired) electrons. The van der Waals surface area contributed by atoms with Crippen molar-refractivity contribution in [3.05, 3.63) is 78.1 Å². The van der Waals surface area contributed by atoms with Crippen molar-refractivity contribution >= 4 is 33.8 Å². The van der Waals surface area contributed by atoms with Gasteiger partial charge in [0, 0.05) is 58.9 Å². The summed E-state index contributed by atoms with van der Waals surface area (Å²) in [7, 11) is 0. The number of nitriles is 1. The third kappa shape index (κ3) is 4.07. The molecular formula is C24H22N4O. The summed E-state index contributed by atoms with van der Waals surface area (Å²) >= 11 is 0. The molecule has 2 heterocycles. The Labute approximate surface area is 169 Å². The number of hydrogen-bond acceptors (Lipinski definition) is 2. The van der Waals surface area contributed by atoms with E-state index in [0.29, 0.717) is 19.5 Å². The van der Waals surface area contributed by atoms with Crippen molar-refractivity contribution in [3.63, 3.8) is 0 Å². The quantitative estimate of drug-likeness (QED) is 0.465. The minimum atomic E-state index is -0.112. The number of carbonyl (C=O) groups is 1. The molecule has 0 saturated carbocycles. The molecule has 5 nitrogen and oxygen atoms in total. The number of amides is 1. The SMILES string of the molecule is N#CCCn1cc(/C=C/C(=O)NCCc2c[nH]c3ccccc23)c2ccccc21. The van der Waals surface area contributed by atoms with E-state index in [1.807, 2.05) is 60.9 Å². The van der Waals surface area contributed by atoms with Gasteiger partial charge in [-0.05, 0) is 30.2 Å². The first-order chi connectivity index (χ1) is 14.3. The third-order valence-corrected chi connectivity index (χ3v) is 5.07. The number of aromatic amines is 1. The highest BCUT2D eigenvalue weighted by Crippen LogP contribution is 2.23. The second-order valence-corrected chi connectivity index (χ2v) is 6.94. The molecule has 0 saturated heterocycles. The van der Waals surface area contributed by atoms with Crippen LogP contribution < -0.4 is 5.32 Å². The van der Waals surface area contributed by atoms with Crippen LogP contribution in [0.15, 0.2) is 67.0 Å². The van der Waals surface area contributed by atoms with Crippen molar-refractivity contribution in [1.82, 2.24) is 14.9 Å². The Morgan fingerprint density at radius 3 is 2.79 bits per heavy atom. The van der Waals surface area contributed by atoms with Gasteiger partial charge in [0.15, 0.2) is 0 Å². The summed E-state index contributed by atoms with van der Waals surface area (Å²) in [6.07, 6.45) is 8.64. The van der Waals surface area contributed by atoms with E-state index in [0.717, 1.165) is 28.4 Å². The molecule has 2 N–H and O–H groups in total. The summed E-state index contributed by atoms with van der Waals surface area (Å²) in [5, 5.41) is 14.1. The van der Waals surface area contributed by atoms with Crippen molar-refractivity contribution in [3.8, 4) is 6.07 Å². The molecule has 0 aliphatic carbocycles. The van der Waals surface area contributed by atoms with Gasteiger partial charge in [0.25, 0.3) is 0 Å². The van der Waals surface area contributed by atoms with Crippen molar-refractivity contribution in [2.45, 2.75) is 19.4 Å². The normalized spacial score (nSPS) is 11.3. The topological polar surface area (TPSA) is 73.6 Å². The molecular weight excluding hydrogens is 360 g/mol. The van der Waals surface area contributed by atoms with Gasteiger partial charge in [-0.15, -0.1) is 0 Å². The molecule has 0 atom stereocenters. The minimum Gasteiger partial charge on any atom is -0.361 e. The monoisotopic (exact) mass is 382 g/mol. The van der Waals surface area contributed by atoms with Crippen LogP contribution in [-0.4, -0.2) is 22.0 Å². The Hall–Kier alpha value is -3.78. The molecule has 144 valence electrons. The van der Waals surface area contributed by atoms with Crippen LogP contribution in [0.1, 0.15) is 17.5 Å². The lowest BCUT2D eigenvalue weighted by molar-refractivity contribution is -0.116. The van der Waals surface area contributed by atoms with Gasteiger partial charge in [0.1, 0.15) is 0 Å². The molecule has 0 fully saturated rings. The maximum Gasteiger partial charge on any atom is 0.244 e. The van der Waals surface area contributed by atoms with Gasteiger partial charge in [-0.1, -0.05) is 36.4 Å². The van der Waals surface area contributed by atoms with Gasteiger partial charge in [0.05, 0.1) is 12.5 Å². The zero-order valence-corrected chi connectivity index (χ0v) is 16.1. The predicted molar refractivity (Wildman–Crippen MR) is 116 cm³/mol. The summed E-state index contributed by atoms with van der Waals surface area (Å²) in [5.41, 5.74) is 4.36. The van der Waals surface area contributed by atoms with Crippen LogP contribution in [0.4, 0.5) is 0 Å². The number of nitrogens with one attached hydrogen (secondary N) is 2. The fourth-order valence-corrected chi connectivity index (χ4v) is 3.65. The fourth-order valence-electron chi connectivity index (χ4n) is 3.65. The smallest absolute Gasteiger partial charge is 0.244 e. The van der Waals surface area contributed by atoms with Crippen LogP contribution in [0.2, 0.25) is 0 Å². The van der Waals surface area contributed by atoms with E-state index >= 15 is 0 Å². The lowest BCUT2D eigenvalue weighted by atomic mass is 10.1. The van der Waals surface area contributed by atoms with Crippen molar-refractivity contribution in [1.29, 1.82) is 5.26 Å². The molecule has 0 bridgehead atoms. The number of aryl methyl sites for hydroxylation is 1. The number of fused-ring (bicyclic) bond motifs is 2. The number of benzene rings is 2. The van der Waals surface area contributed by atoms with Gasteiger partial charge in [-0.25, -0.2) is 0 Å². The number of nitrogens with zero attached hydrogens (tertiary/aromatic N) is 2. The molecule has 2 aromatic carbocycles. The minimum absolute atomic E-state index is 0.112. The van der Waals surface area contributed by atoms with Crippen molar-refractivity contribution in [2.75, 3.05) is 6.54 Å². The lowest BCUT2D eigenvalue weighted by Crippen LogP contribution is -2.23. The average Bonchev–Trinajstić information content (AvgIpc) is 3.32. The number of para-hydroxylation sites is 2. The Bertz CT molecular complexity index is 1220. The van der Waals surface area contributed by atoms with E-state index in [4.69, 9.17) is 5.26 Å². The summed E-state index contributed by atoms with van der Waals surface area (Å²) in [6.45, 7) is 1.22. The van der Waals surface area contributed by atoms with Gasteiger partial charge < -0.3 is 14.9 Å². The highest BCUT2D eigenvalue weighted by molar-refractivity contribution is 5.96. The summed E-state index contributed by atoms with van der Waals surface area (Å²) < 4.78 is 2.06. The van der Waals surface area contributed by atoms with Crippen LogP contribution in [0.5, 0.6) is 0 Å². The van der Waals surface area contributed by atoms with Crippen LogP contribution in [0.3, 0.4) is 0 Å². The molecule has 4 aromatic rings.